The molecule has 0 aliphatic rings. The van der Waals surface area contributed by atoms with Crippen LogP contribution in [0.4, 0.5) is 0 Å². The maximum Gasteiger partial charge on any atom is 0.216 e. The molecule has 0 aliphatic heterocycles. The molecule has 18 heavy (non-hydrogen) atoms. The summed E-state index contributed by atoms with van der Waals surface area (Å²) in [7, 11) is 3.57. The summed E-state index contributed by atoms with van der Waals surface area (Å²) >= 11 is 1.69. The van der Waals surface area contributed by atoms with Crippen molar-refractivity contribution in [2.24, 2.45) is 7.05 Å². The van der Waals surface area contributed by atoms with Gasteiger partial charge in [-0.15, -0.1) is 11.3 Å². The van der Waals surface area contributed by atoms with Crippen molar-refractivity contribution in [2.45, 2.75) is 19.9 Å². The van der Waals surface area contributed by atoms with Crippen LogP contribution in [0.25, 0.3) is 0 Å². The molecule has 0 fully saturated rings. The Labute approximate surface area is 111 Å². The molecular formula is C12H18N4OS. The lowest BCUT2D eigenvalue weighted by Crippen LogP contribution is -2.17. The summed E-state index contributed by atoms with van der Waals surface area (Å²) in [5, 5.41) is 10.9. The summed E-state index contributed by atoms with van der Waals surface area (Å²) in [5.41, 5.74) is 2.13. The average Bonchev–Trinajstić information content (AvgIpc) is 2.93. The fourth-order valence-electron chi connectivity index (χ4n) is 1.92. The largest absolute Gasteiger partial charge is 0.481 e. The Morgan fingerprint density at radius 2 is 2.33 bits per heavy atom. The van der Waals surface area contributed by atoms with Gasteiger partial charge in [-0.1, -0.05) is 0 Å². The minimum Gasteiger partial charge on any atom is -0.481 e. The van der Waals surface area contributed by atoms with Crippen LogP contribution >= 0.6 is 11.3 Å². The van der Waals surface area contributed by atoms with E-state index in [9.17, 15) is 0 Å². The van der Waals surface area contributed by atoms with E-state index in [1.807, 2.05) is 25.5 Å². The molecule has 5 nitrogen and oxygen atoms in total. The third-order valence-corrected chi connectivity index (χ3v) is 3.62. The summed E-state index contributed by atoms with van der Waals surface area (Å²) in [6.07, 6.45) is 2.80. The van der Waals surface area contributed by atoms with Gasteiger partial charge in [0.2, 0.25) is 5.88 Å². The van der Waals surface area contributed by atoms with Gasteiger partial charge in [0, 0.05) is 38.1 Å². The molecule has 98 valence electrons. The summed E-state index contributed by atoms with van der Waals surface area (Å²) in [6.45, 7) is 3.68. The van der Waals surface area contributed by atoms with Crippen molar-refractivity contribution in [1.29, 1.82) is 0 Å². The van der Waals surface area contributed by atoms with Gasteiger partial charge < -0.3 is 10.1 Å². The Balaban J connectivity index is 1.86. The van der Waals surface area contributed by atoms with Gasteiger partial charge in [0.05, 0.1) is 23.4 Å². The molecule has 2 aromatic heterocycles. The Hall–Kier alpha value is -1.40. The monoisotopic (exact) mass is 266 g/mol. The number of hydrogen-bond acceptors (Lipinski definition) is 5. The smallest absolute Gasteiger partial charge is 0.216 e. The van der Waals surface area contributed by atoms with Gasteiger partial charge in [-0.3, -0.25) is 0 Å². The van der Waals surface area contributed by atoms with E-state index in [1.54, 1.807) is 23.1 Å². The van der Waals surface area contributed by atoms with Crippen LogP contribution in [0.1, 0.15) is 16.3 Å². The number of ether oxygens (including phenoxy) is 1. The second-order valence-corrected chi connectivity index (χ2v) is 5.03. The molecule has 0 unspecified atom stereocenters. The van der Waals surface area contributed by atoms with Gasteiger partial charge in [0.15, 0.2) is 0 Å². The molecule has 0 atom stereocenters. The zero-order chi connectivity index (χ0) is 13.0. The second-order valence-electron chi connectivity index (χ2n) is 4.05. The van der Waals surface area contributed by atoms with E-state index in [0.717, 1.165) is 41.7 Å². The van der Waals surface area contributed by atoms with Crippen LogP contribution in [-0.4, -0.2) is 28.4 Å². The standard InChI is InChI=1S/C12H18N4OS/c1-9-10(12(17-3)16(2)15-9)8-13-5-4-11-14-6-7-18-11/h6-7,13H,4-5,8H2,1-3H3. The highest BCUT2D eigenvalue weighted by molar-refractivity contribution is 7.09. The predicted molar refractivity (Wildman–Crippen MR) is 72.0 cm³/mol. The highest BCUT2D eigenvalue weighted by Gasteiger charge is 2.12. The third-order valence-electron chi connectivity index (χ3n) is 2.78. The van der Waals surface area contributed by atoms with Crippen LogP contribution < -0.4 is 10.1 Å². The number of methoxy groups -OCH3 is 1. The molecule has 0 saturated carbocycles. The molecule has 2 rings (SSSR count). The predicted octanol–water partition coefficient (Wildman–Crippen LogP) is 1.53. The van der Waals surface area contributed by atoms with Crippen LogP contribution in [0.2, 0.25) is 0 Å². The van der Waals surface area contributed by atoms with E-state index < -0.39 is 0 Å². The third kappa shape index (κ3) is 2.88. The van der Waals surface area contributed by atoms with Crippen LogP contribution in [-0.2, 0) is 20.0 Å². The molecule has 1 N–H and O–H groups in total. The van der Waals surface area contributed by atoms with E-state index in [4.69, 9.17) is 4.74 Å². The number of nitrogens with zero attached hydrogens (tertiary/aromatic N) is 3. The number of aromatic nitrogens is 3. The van der Waals surface area contributed by atoms with Crippen LogP contribution in [0.5, 0.6) is 5.88 Å². The molecule has 6 heteroatoms. The van der Waals surface area contributed by atoms with Crippen molar-refractivity contribution in [3.8, 4) is 5.88 Å². The van der Waals surface area contributed by atoms with Crippen molar-refractivity contribution in [3.05, 3.63) is 27.8 Å². The lowest BCUT2D eigenvalue weighted by molar-refractivity contribution is 0.368. The molecule has 0 bridgehead atoms. The first kappa shape index (κ1) is 13.0. The lowest BCUT2D eigenvalue weighted by atomic mass is 10.2. The molecule has 0 aromatic carbocycles. The van der Waals surface area contributed by atoms with Crippen LogP contribution in [0.3, 0.4) is 0 Å². The highest BCUT2D eigenvalue weighted by atomic mass is 32.1. The fourth-order valence-corrected chi connectivity index (χ4v) is 2.55. The molecule has 2 aromatic rings. The van der Waals surface area contributed by atoms with Crippen molar-refractivity contribution >= 4 is 11.3 Å². The van der Waals surface area contributed by atoms with E-state index in [2.05, 4.69) is 15.4 Å². The topological polar surface area (TPSA) is 52.0 Å². The van der Waals surface area contributed by atoms with Gasteiger partial charge in [0.1, 0.15) is 0 Å². The zero-order valence-electron chi connectivity index (χ0n) is 10.9. The molecule has 0 saturated heterocycles. The summed E-state index contributed by atoms with van der Waals surface area (Å²) in [5.74, 6) is 0.828. The fraction of sp³-hybridized carbons (Fsp3) is 0.500. The Bertz CT molecular complexity index is 492. The van der Waals surface area contributed by atoms with Gasteiger partial charge in [-0.2, -0.15) is 5.10 Å². The van der Waals surface area contributed by atoms with Crippen molar-refractivity contribution in [1.82, 2.24) is 20.1 Å². The van der Waals surface area contributed by atoms with Crippen LogP contribution in [0.15, 0.2) is 11.6 Å². The van der Waals surface area contributed by atoms with Crippen molar-refractivity contribution < 1.29 is 4.74 Å². The Morgan fingerprint density at radius 1 is 1.50 bits per heavy atom. The normalized spacial score (nSPS) is 10.8. The molecular weight excluding hydrogens is 248 g/mol. The lowest BCUT2D eigenvalue weighted by Gasteiger charge is -2.06. The van der Waals surface area contributed by atoms with E-state index in [-0.39, 0.29) is 0 Å². The minimum atomic E-state index is 0.772. The Kier molecular flexibility index (Phi) is 4.33. The van der Waals surface area contributed by atoms with E-state index in [1.165, 1.54) is 0 Å². The molecule has 0 amide bonds. The highest BCUT2D eigenvalue weighted by Crippen LogP contribution is 2.20. The maximum absolute atomic E-state index is 5.35. The van der Waals surface area contributed by atoms with Gasteiger partial charge >= 0.3 is 0 Å². The SMILES string of the molecule is COc1c(CNCCc2nccs2)c(C)nn1C. The second kappa shape index (κ2) is 5.97. The number of aryl methyl sites for hydroxylation is 2. The molecule has 0 spiro atoms. The average molecular weight is 266 g/mol. The first-order chi connectivity index (χ1) is 8.72. The number of hydrogen-bond donors (Lipinski definition) is 1. The van der Waals surface area contributed by atoms with Gasteiger partial charge in [-0.05, 0) is 6.92 Å². The zero-order valence-corrected chi connectivity index (χ0v) is 11.8. The quantitative estimate of drug-likeness (QED) is 0.806. The van der Waals surface area contributed by atoms with Crippen LogP contribution in [0, 0.1) is 6.92 Å². The molecule has 0 aliphatic carbocycles. The first-order valence-corrected chi connectivity index (χ1v) is 6.76. The number of nitrogens with one attached hydrogen (secondary N) is 1. The summed E-state index contributed by atoms with van der Waals surface area (Å²) in [6, 6.07) is 0. The van der Waals surface area contributed by atoms with E-state index in [0.29, 0.717) is 0 Å². The van der Waals surface area contributed by atoms with Crippen molar-refractivity contribution in [2.75, 3.05) is 13.7 Å². The Morgan fingerprint density at radius 3 is 3.00 bits per heavy atom. The minimum absolute atomic E-state index is 0.772. The maximum atomic E-state index is 5.35. The number of rotatable bonds is 6. The van der Waals surface area contributed by atoms with Crippen molar-refractivity contribution in [3.63, 3.8) is 0 Å². The summed E-state index contributed by atoms with van der Waals surface area (Å²) < 4.78 is 7.12. The van der Waals surface area contributed by atoms with Gasteiger partial charge in [0.25, 0.3) is 0 Å². The first-order valence-electron chi connectivity index (χ1n) is 5.88. The number of thiazole rings is 1. The van der Waals surface area contributed by atoms with E-state index >= 15 is 0 Å². The summed E-state index contributed by atoms with van der Waals surface area (Å²) in [4.78, 5) is 4.25. The molecule has 0 radical (unpaired) electrons. The molecule has 2 heterocycles. The van der Waals surface area contributed by atoms with Gasteiger partial charge in [-0.25, -0.2) is 9.67 Å².